The van der Waals surface area contributed by atoms with E-state index in [1.54, 1.807) is 0 Å². The molecule has 0 radical (unpaired) electrons. The van der Waals surface area contributed by atoms with Gasteiger partial charge in [-0.25, -0.2) is 13.4 Å². The Balaban J connectivity index is 2.36. The Labute approximate surface area is 124 Å². The number of imidazole rings is 1. The molecule has 0 bridgehead atoms. The Bertz CT molecular complexity index is 720. The number of rotatable bonds is 5. The van der Waals surface area contributed by atoms with Crippen LogP contribution in [0.4, 0.5) is 0 Å². The molecule has 0 amide bonds. The van der Waals surface area contributed by atoms with Gasteiger partial charge in [0, 0.05) is 12.8 Å². The lowest BCUT2D eigenvalue weighted by atomic mass is 10.2. The Hall–Kier alpha value is -1.07. The van der Waals surface area contributed by atoms with Gasteiger partial charge in [0.1, 0.15) is 15.7 Å². The van der Waals surface area contributed by atoms with Crippen molar-refractivity contribution in [2.45, 2.75) is 32.2 Å². The highest BCUT2D eigenvalue weighted by atomic mass is 35.5. The van der Waals surface area contributed by atoms with Crippen molar-refractivity contribution in [3.63, 3.8) is 0 Å². The van der Waals surface area contributed by atoms with Gasteiger partial charge in [-0.05, 0) is 38.0 Å². The lowest BCUT2D eigenvalue weighted by Crippen LogP contribution is -2.10. The van der Waals surface area contributed by atoms with E-state index < -0.39 is 9.84 Å². The second kappa shape index (κ2) is 5.74. The number of halogens is 1. The zero-order chi connectivity index (χ0) is 14.9. The Kier molecular flexibility index (Phi) is 4.39. The molecular formula is C14H19ClN2O2S. The molecule has 1 heterocycles. The van der Waals surface area contributed by atoms with E-state index in [1.165, 1.54) is 6.26 Å². The van der Waals surface area contributed by atoms with Crippen LogP contribution in [0.5, 0.6) is 0 Å². The summed E-state index contributed by atoms with van der Waals surface area (Å²) >= 11 is 6.19. The molecule has 6 heteroatoms. The summed E-state index contributed by atoms with van der Waals surface area (Å²) < 4.78 is 24.5. The molecule has 4 nitrogen and oxygen atoms in total. The summed E-state index contributed by atoms with van der Waals surface area (Å²) in [6, 6.07) is 6.06. The number of benzene rings is 1. The topological polar surface area (TPSA) is 52.0 Å². The fraction of sp³-hybridized carbons (Fsp3) is 0.500. The molecule has 0 aliphatic heterocycles. The molecule has 0 saturated carbocycles. The number of hydrogen-bond donors (Lipinski definition) is 0. The van der Waals surface area contributed by atoms with Crippen LogP contribution in [-0.2, 0) is 16.4 Å². The fourth-order valence-electron chi connectivity index (χ4n) is 2.28. The Morgan fingerprint density at radius 1 is 1.40 bits per heavy atom. The van der Waals surface area contributed by atoms with Crippen molar-refractivity contribution in [2.24, 2.45) is 0 Å². The summed E-state index contributed by atoms with van der Waals surface area (Å²) in [7, 11) is -2.94. The number of sulfone groups is 1. The van der Waals surface area contributed by atoms with Crippen molar-refractivity contribution in [1.82, 2.24) is 9.55 Å². The predicted molar refractivity (Wildman–Crippen MR) is 83.1 cm³/mol. The van der Waals surface area contributed by atoms with Crippen LogP contribution in [0.2, 0.25) is 0 Å². The maximum Gasteiger partial charge on any atom is 0.147 e. The third-order valence-corrected chi connectivity index (χ3v) is 4.41. The van der Waals surface area contributed by atoms with Crippen molar-refractivity contribution < 1.29 is 8.42 Å². The summed E-state index contributed by atoms with van der Waals surface area (Å²) in [5.74, 6) is 0.968. The monoisotopic (exact) mass is 314 g/mol. The molecule has 1 aromatic heterocycles. The number of aromatic nitrogens is 2. The summed E-state index contributed by atoms with van der Waals surface area (Å²) in [6.45, 7) is 4.51. The number of aryl methyl sites for hydroxylation is 2. The van der Waals surface area contributed by atoms with Crippen LogP contribution in [0.1, 0.15) is 30.1 Å². The van der Waals surface area contributed by atoms with Gasteiger partial charge in [-0.1, -0.05) is 6.07 Å². The van der Waals surface area contributed by atoms with Crippen molar-refractivity contribution in [1.29, 1.82) is 0 Å². The van der Waals surface area contributed by atoms with Gasteiger partial charge >= 0.3 is 0 Å². The van der Waals surface area contributed by atoms with Crippen molar-refractivity contribution in [3.8, 4) is 0 Å². The largest absolute Gasteiger partial charge is 0.327 e. The first kappa shape index (κ1) is 15.3. The Morgan fingerprint density at radius 3 is 2.70 bits per heavy atom. The zero-order valence-corrected chi connectivity index (χ0v) is 13.5. The molecule has 1 atom stereocenters. The molecule has 0 spiro atoms. The molecule has 1 aromatic carbocycles. The molecule has 2 rings (SSSR count). The summed E-state index contributed by atoms with van der Waals surface area (Å²) in [5, 5.41) is -0.207. The molecule has 2 aromatic rings. The Morgan fingerprint density at radius 2 is 2.10 bits per heavy atom. The summed E-state index contributed by atoms with van der Waals surface area (Å²) in [4.78, 5) is 4.57. The number of fused-ring (bicyclic) bond motifs is 1. The summed E-state index contributed by atoms with van der Waals surface area (Å²) in [6.07, 6.45) is 1.82. The van der Waals surface area contributed by atoms with Crippen LogP contribution in [0.25, 0.3) is 11.0 Å². The van der Waals surface area contributed by atoms with Crippen LogP contribution in [0.15, 0.2) is 18.2 Å². The maximum atomic E-state index is 11.2. The van der Waals surface area contributed by atoms with Gasteiger partial charge in [0.2, 0.25) is 0 Å². The van der Waals surface area contributed by atoms with Gasteiger partial charge < -0.3 is 4.57 Å². The minimum absolute atomic E-state index is 0.175. The molecule has 1 unspecified atom stereocenters. The van der Waals surface area contributed by atoms with Gasteiger partial charge in [-0.15, -0.1) is 11.6 Å². The maximum absolute atomic E-state index is 11.2. The molecule has 0 aliphatic carbocycles. The van der Waals surface area contributed by atoms with E-state index in [0.29, 0.717) is 13.0 Å². The highest BCUT2D eigenvalue weighted by molar-refractivity contribution is 7.90. The van der Waals surface area contributed by atoms with E-state index in [4.69, 9.17) is 11.6 Å². The second-order valence-electron chi connectivity index (χ2n) is 5.21. The molecule has 0 fully saturated rings. The number of nitrogens with zero attached hydrogens (tertiary/aromatic N) is 2. The van der Waals surface area contributed by atoms with Crippen molar-refractivity contribution in [2.75, 3.05) is 12.0 Å². The predicted octanol–water partition coefficient (Wildman–Crippen LogP) is 3.08. The average Bonchev–Trinajstić information content (AvgIpc) is 2.66. The second-order valence-corrected chi connectivity index (χ2v) is 8.13. The minimum Gasteiger partial charge on any atom is -0.327 e. The van der Waals surface area contributed by atoms with E-state index in [9.17, 15) is 8.42 Å². The molecule has 0 N–H and O–H groups in total. The first-order chi connectivity index (χ1) is 9.28. The number of hydrogen-bond acceptors (Lipinski definition) is 3. The molecule has 110 valence electrons. The van der Waals surface area contributed by atoms with E-state index >= 15 is 0 Å². The van der Waals surface area contributed by atoms with Gasteiger partial charge in [0.05, 0.1) is 22.2 Å². The summed E-state index contributed by atoms with van der Waals surface area (Å²) in [5.41, 5.74) is 3.06. The highest BCUT2D eigenvalue weighted by Crippen LogP contribution is 2.25. The molecule has 0 saturated heterocycles. The van der Waals surface area contributed by atoms with Crippen LogP contribution in [0.3, 0.4) is 0 Å². The highest BCUT2D eigenvalue weighted by Gasteiger charge is 2.15. The van der Waals surface area contributed by atoms with Gasteiger partial charge in [0.15, 0.2) is 0 Å². The SMILES string of the molecule is Cc1ccc2c(c1)nc(C(C)Cl)n2CCCS(C)(=O)=O. The van der Waals surface area contributed by atoms with Crippen LogP contribution >= 0.6 is 11.6 Å². The van der Waals surface area contributed by atoms with Gasteiger partial charge in [-0.3, -0.25) is 0 Å². The van der Waals surface area contributed by atoms with E-state index in [-0.39, 0.29) is 11.1 Å². The van der Waals surface area contributed by atoms with E-state index in [1.807, 2.05) is 36.6 Å². The molecular weight excluding hydrogens is 296 g/mol. The van der Waals surface area contributed by atoms with Crippen molar-refractivity contribution >= 4 is 32.5 Å². The van der Waals surface area contributed by atoms with Crippen molar-refractivity contribution in [3.05, 3.63) is 29.6 Å². The average molecular weight is 315 g/mol. The van der Waals surface area contributed by atoms with Crippen LogP contribution in [-0.4, -0.2) is 30.0 Å². The molecule has 0 aliphatic rings. The number of alkyl halides is 1. The van der Waals surface area contributed by atoms with Gasteiger partial charge in [0.25, 0.3) is 0 Å². The molecule has 20 heavy (non-hydrogen) atoms. The minimum atomic E-state index is -2.94. The standard InChI is InChI=1S/C14H19ClN2O2S/c1-10-5-6-13-12(9-10)16-14(11(2)15)17(13)7-4-8-20(3,18)19/h5-6,9,11H,4,7-8H2,1-3H3. The normalized spacial score (nSPS) is 13.8. The zero-order valence-electron chi connectivity index (χ0n) is 11.9. The third-order valence-electron chi connectivity index (χ3n) is 3.19. The first-order valence-electron chi connectivity index (χ1n) is 6.56. The van der Waals surface area contributed by atoms with E-state index in [2.05, 4.69) is 4.98 Å². The van der Waals surface area contributed by atoms with Gasteiger partial charge in [-0.2, -0.15) is 0 Å². The fourth-order valence-corrected chi connectivity index (χ4v) is 3.10. The lowest BCUT2D eigenvalue weighted by molar-refractivity contribution is 0.590. The first-order valence-corrected chi connectivity index (χ1v) is 9.06. The van der Waals surface area contributed by atoms with E-state index in [0.717, 1.165) is 22.4 Å². The van der Waals surface area contributed by atoms with Crippen LogP contribution < -0.4 is 0 Å². The smallest absolute Gasteiger partial charge is 0.147 e. The quantitative estimate of drug-likeness (QED) is 0.797. The van der Waals surface area contributed by atoms with Crippen LogP contribution in [0, 0.1) is 6.92 Å². The third kappa shape index (κ3) is 3.52. The lowest BCUT2D eigenvalue weighted by Gasteiger charge is -2.10.